The van der Waals surface area contributed by atoms with Crippen LogP contribution in [-0.4, -0.2) is 18.7 Å². The molecule has 1 saturated carbocycles. The third kappa shape index (κ3) is 3.14. The first-order chi connectivity index (χ1) is 8.95. The topological polar surface area (TPSA) is 21.3 Å². The van der Waals surface area contributed by atoms with Gasteiger partial charge in [-0.15, -0.1) is 0 Å². The molecule has 1 aromatic rings. The van der Waals surface area contributed by atoms with Crippen LogP contribution >= 0.6 is 15.9 Å². The third-order valence-corrected chi connectivity index (χ3v) is 4.73. The van der Waals surface area contributed by atoms with Crippen molar-refractivity contribution in [3.8, 4) is 5.75 Å². The van der Waals surface area contributed by atoms with E-state index >= 15 is 0 Å². The van der Waals surface area contributed by atoms with Crippen molar-refractivity contribution in [2.75, 3.05) is 6.54 Å². The summed E-state index contributed by atoms with van der Waals surface area (Å²) in [4.78, 5) is 0. The first kappa shape index (κ1) is 14.9. The lowest BCUT2D eigenvalue weighted by Gasteiger charge is -2.52. The number of aryl methyl sites for hydroxylation is 1. The normalized spacial score (nSPS) is 24.9. The van der Waals surface area contributed by atoms with Crippen LogP contribution in [0.2, 0.25) is 0 Å². The second-order valence-electron chi connectivity index (χ2n) is 6.08. The molecule has 0 saturated heterocycles. The Morgan fingerprint density at radius 2 is 2.16 bits per heavy atom. The van der Waals surface area contributed by atoms with Gasteiger partial charge in [0.25, 0.3) is 0 Å². The van der Waals surface area contributed by atoms with Gasteiger partial charge in [0.2, 0.25) is 0 Å². The average Bonchev–Trinajstić information content (AvgIpc) is 2.36. The van der Waals surface area contributed by atoms with E-state index in [1.165, 1.54) is 12.0 Å². The number of hydrogen-bond donors (Lipinski definition) is 1. The highest BCUT2D eigenvalue weighted by atomic mass is 79.9. The zero-order valence-corrected chi connectivity index (χ0v) is 13.9. The third-order valence-electron chi connectivity index (χ3n) is 4.24. The summed E-state index contributed by atoms with van der Waals surface area (Å²) in [7, 11) is 0. The van der Waals surface area contributed by atoms with Crippen molar-refractivity contribution in [1.82, 2.24) is 5.32 Å². The van der Waals surface area contributed by atoms with Gasteiger partial charge in [0, 0.05) is 22.4 Å². The minimum absolute atomic E-state index is 0.198. The molecule has 2 rings (SSSR count). The van der Waals surface area contributed by atoms with E-state index in [-0.39, 0.29) is 5.41 Å². The molecule has 2 nitrogen and oxygen atoms in total. The van der Waals surface area contributed by atoms with Gasteiger partial charge in [-0.05, 0) is 37.6 Å². The molecule has 19 heavy (non-hydrogen) atoms. The highest BCUT2D eigenvalue weighted by Gasteiger charge is 2.49. The Bertz CT molecular complexity index is 444. The van der Waals surface area contributed by atoms with Crippen molar-refractivity contribution in [1.29, 1.82) is 0 Å². The van der Waals surface area contributed by atoms with E-state index < -0.39 is 0 Å². The van der Waals surface area contributed by atoms with Crippen molar-refractivity contribution in [2.24, 2.45) is 5.41 Å². The summed E-state index contributed by atoms with van der Waals surface area (Å²) < 4.78 is 7.29. The van der Waals surface area contributed by atoms with Gasteiger partial charge < -0.3 is 10.1 Å². The Morgan fingerprint density at radius 1 is 1.42 bits per heavy atom. The summed E-state index contributed by atoms with van der Waals surface area (Å²) in [5.41, 5.74) is 1.40. The molecular weight excluding hydrogens is 302 g/mol. The number of rotatable bonds is 5. The maximum Gasteiger partial charge on any atom is 0.123 e. The van der Waals surface area contributed by atoms with Crippen LogP contribution in [0.3, 0.4) is 0 Å². The van der Waals surface area contributed by atoms with E-state index in [4.69, 9.17) is 4.74 Å². The molecule has 1 aliphatic rings. The fourth-order valence-corrected chi connectivity index (χ4v) is 2.94. The Balaban J connectivity index is 2.00. The quantitative estimate of drug-likeness (QED) is 0.871. The van der Waals surface area contributed by atoms with E-state index in [1.807, 2.05) is 0 Å². The summed E-state index contributed by atoms with van der Waals surface area (Å²) in [5, 5.41) is 3.61. The van der Waals surface area contributed by atoms with Crippen molar-refractivity contribution in [2.45, 2.75) is 52.7 Å². The average molecular weight is 326 g/mol. The van der Waals surface area contributed by atoms with Gasteiger partial charge >= 0.3 is 0 Å². The van der Waals surface area contributed by atoms with Crippen LogP contribution in [-0.2, 0) is 0 Å². The Labute approximate surface area is 125 Å². The molecule has 0 heterocycles. The summed E-state index contributed by atoms with van der Waals surface area (Å²) in [6.45, 7) is 9.98. The van der Waals surface area contributed by atoms with Crippen LogP contribution in [0.15, 0.2) is 22.7 Å². The minimum Gasteiger partial charge on any atom is -0.489 e. The molecular formula is C16H24BrNO. The predicted molar refractivity (Wildman–Crippen MR) is 83.8 cm³/mol. The highest BCUT2D eigenvalue weighted by Crippen LogP contribution is 2.43. The van der Waals surface area contributed by atoms with Gasteiger partial charge in [0.15, 0.2) is 0 Å². The summed E-state index contributed by atoms with van der Waals surface area (Å²) in [6.07, 6.45) is 2.58. The Morgan fingerprint density at radius 3 is 2.79 bits per heavy atom. The molecule has 1 N–H and O–H groups in total. The van der Waals surface area contributed by atoms with Crippen LogP contribution < -0.4 is 10.1 Å². The fourth-order valence-electron chi connectivity index (χ4n) is 2.60. The lowest BCUT2D eigenvalue weighted by atomic mass is 9.64. The molecule has 0 aromatic heterocycles. The molecule has 106 valence electrons. The largest absolute Gasteiger partial charge is 0.489 e. The van der Waals surface area contributed by atoms with Gasteiger partial charge in [0.1, 0.15) is 11.9 Å². The van der Waals surface area contributed by atoms with Crippen LogP contribution in [0.4, 0.5) is 0 Å². The van der Waals surface area contributed by atoms with E-state index in [9.17, 15) is 0 Å². The maximum absolute atomic E-state index is 6.22. The number of hydrogen-bond acceptors (Lipinski definition) is 2. The van der Waals surface area contributed by atoms with Crippen LogP contribution in [0, 0.1) is 12.3 Å². The number of nitrogens with one attached hydrogen (secondary N) is 1. The number of benzene rings is 1. The standard InChI is InChI=1S/C16H24BrNO/c1-5-8-18-14-10-15(16(14,3)4)19-13-9-12(17)7-6-11(13)2/h6-7,9,14-15,18H,5,8,10H2,1-4H3. The van der Waals surface area contributed by atoms with Crippen LogP contribution in [0.1, 0.15) is 39.2 Å². The molecule has 0 amide bonds. The van der Waals surface area contributed by atoms with Gasteiger partial charge in [-0.1, -0.05) is 42.8 Å². The zero-order chi connectivity index (χ0) is 14.0. The molecule has 0 spiro atoms. The predicted octanol–water partition coefficient (Wildman–Crippen LogP) is 4.30. The van der Waals surface area contributed by atoms with Crippen LogP contribution in [0.5, 0.6) is 5.75 Å². The molecule has 2 unspecified atom stereocenters. The van der Waals surface area contributed by atoms with Crippen molar-refractivity contribution in [3.63, 3.8) is 0 Å². The van der Waals surface area contributed by atoms with Gasteiger partial charge in [-0.2, -0.15) is 0 Å². The Hall–Kier alpha value is -0.540. The monoisotopic (exact) mass is 325 g/mol. The van der Waals surface area contributed by atoms with E-state index in [1.54, 1.807) is 0 Å². The number of halogens is 1. The first-order valence-corrected chi connectivity index (χ1v) is 7.90. The summed E-state index contributed by atoms with van der Waals surface area (Å²) in [6, 6.07) is 6.79. The van der Waals surface area contributed by atoms with Gasteiger partial charge in [-0.25, -0.2) is 0 Å². The molecule has 3 heteroatoms. The first-order valence-electron chi connectivity index (χ1n) is 7.11. The zero-order valence-electron chi connectivity index (χ0n) is 12.3. The number of ether oxygens (including phenoxy) is 1. The van der Waals surface area contributed by atoms with Gasteiger partial charge in [0.05, 0.1) is 0 Å². The molecule has 2 atom stereocenters. The second kappa shape index (κ2) is 5.84. The van der Waals surface area contributed by atoms with Crippen molar-refractivity contribution in [3.05, 3.63) is 28.2 Å². The molecule has 0 radical (unpaired) electrons. The lowest BCUT2D eigenvalue weighted by Crippen LogP contribution is -2.62. The second-order valence-corrected chi connectivity index (χ2v) is 7.00. The van der Waals surface area contributed by atoms with Crippen LogP contribution in [0.25, 0.3) is 0 Å². The van der Waals surface area contributed by atoms with E-state index in [0.29, 0.717) is 12.1 Å². The van der Waals surface area contributed by atoms with Crippen molar-refractivity contribution >= 4 is 15.9 Å². The van der Waals surface area contributed by atoms with E-state index in [2.05, 4.69) is 67.1 Å². The minimum atomic E-state index is 0.198. The smallest absolute Gasteiger partial charge is 0.123 e. The molecule has 0 bridgehead atoms. The SMILES string of the molecule is CCCNC1CC(Oc2cc(Br)ccc2C)C1(C)C. The molecule has 1 aromatic carbocycles. The molecule has 0 aliphatic heterocycles. The lowest BCUT2D eigenvalue weighted by molar-refractivity contribution is -0.0549. The van der Waals surface area contributed by atoms with Crippen molar-refractivity contribution < 1.29 is 4.74 Å². The molecule has 1 fully saturated rings. The highest BCUT2D eigenvalue weighted by molar-refractivity contribution is 9.10. The summed E-state index contributed by atoms with van der Waals surface area (Å²) >= 11 is 3.51. The molecule has 1 aliphatic carbocycles. The summed E-state index contributed by atoms with van der Waals surface area (Å²) in [5.74, 6) is 1.00. The Kier molecular flexibility index (Phi) is 4.57. The van der Waals surface area contributed by atoms with Gasteiger partial charge in [-0.3, -0.25) is 0 Å². The fraction of sp³-hybridized carbons (Fsp3) is 0.625. The van der Waals surface area contributed by atoms with E-state index in [0.717, 1.165) is 23.2 Å². The maximum atomic E-state index is 6.22.